The van der Waals surface area contributed by atoms with Gasteiger partial charge in [0.2, 0.25) is 11.0 Å². The molecule has 3 aromatic rings. The second-order valence-electron chi connectivity index (χ2n) is 7.16. The Balaban J connectivity index is 1.38. The fourth-order valence-electron chi connectivity index (χ4n) is 3.00. The predicted octanol–water partition coefficient (Wildman–Crippen LogP) is 3.15. The number of nitrogens with one attached hydrogen (secondary N) is 3. The Kier molecular flexibility index (Phi) is 9.31. The third kappa shape index (κ3) is 8.26. The van der Waals surface area contributed by atoms with Gasteiger partial charge in [0, 0.05) is 23.8 Å². The van der Waals surface area contributed by atoms with Crippen LogP contribution in [0.3, 0.4) is 0 Å². The summed E-state index contributed by atoms with van der Waals surface area (Å²) >= 11 is 0.989. The first-order chi connectivity index (χ1) is 16.0. The molecule has 0 radical (unpaired) electrons. The van der Waals surface area contributed by atoms with E-state index >= 15 is 0 Å². The van der Waals surface area contributed by atoms with Crippen molar-refractivity contribution in [3.05, 3.63) is 71.5 Å². The molecule has 0 fully saturated rings. The van der Waals surface area contributed by atoms with E-state index in [1.165, 1.54) is 0 Å². The summed E-state index contributed by atoms with van der Waals surface area (Å²) in [7, 11) is 0. The number of anilines is 2. The van der Waals surface area contributed by atoms with Gasteiger partial charge in [-0.1, -0.05) is 42.5 Å². The Morgan fingerprint density at radius 1 is 1.09 bits per heavy atom. The lowest BCUT2D eigenvalue weighted by atomic mass is 10.1. The van der Waals surface area contributed by atoms with Crippen molar-refractivity contribution in [2.24, 2.45) is 0 Å². The van der Waals surface area contributed by atoms with Crippen LogP contribution in [0.1, 0.15) is 30.0 Å². The van der Waals surface area contributed by atoms with Gasteiger partial charge in [-0.15, -0.1) is 0 Å². The minimum atomic E-state index is -0.604. The van der Waals surface area contributed by atoms with Gasteiger partial charge in [-0.05, 0) is 43.1 Å². The van der Waals surface area contributed by atoms with Crippen molar-refractivity contribution in [1.29, 1.82) is 0 Å². The van der Waals surface area contributed by atoms with Crippen molar-refractivity contribution in [2.45, 2.75) is 25.9 Å². The first-order valence-corrected chi connectivity index (χ1v) is 11.4. The quantitative estimate of drug-likeness (QED) is 0.318. The van der Waals surface area contributed by atoms with Gasteiger partial charge < -0.3 is 20.5 Å². The Morgan fingerprint density at radius 2 is 1.85 bits per heavy atom. The van der Waals surface area contributed by atoms with E-state index in [-0.39, 0.29) is 24.1 Å². The summed E-state index contributed by atoms with van der Waals surface area (Å²) in [6.45, 7) is 3.18. The molecule has 2 amide bonds. The standard InChI is InChI=1S/C23H27N5O4S/c1-2-32-23(31)27-22-26-20(28-33-22)14-21(30)25-18-10-8-16(9-11-18)12-13-24-15-19(29)17-6-4-3-5-7-17/h3-11,19,24,29H,2,12-15H2,1H3,(H,25,30)(H,26,27,28,31). The van der Waals surface area contributed by atoms with Crippen molar-refractivity contribution >= 4 is 34.4 Å². The number of hydrogen-bond acceptors (Lipinski definition) is 8. The largest absolute Gasteiger partial charge is 0.450 e. The van der Waals surface area contributed by atoms with Crippen LogP contribution in [-0.2, 0) is 22.4 Å². The van der Waals surface area contributed by atoms with E-state index in [1.54, 1.807) is 6.92 Å². The summed E-state index contributed by atoms with van der Waals surface area (Å²) in [6.07, 6.45) is -0.342. The number of carbonyl (C=O) groups excluding carboxylic acids is 2. The molecule has 10 heteroatoms. The van der Waals surface area contributed by atoms with Crippen LogP contribution < -0.4 is 16.0 Å². The van der Waals surface area contributed by atoms with E-state index in [9.17, 15) is 14.7 Å². The highest BCUT2D eigenvalue weighted by Gasteiger charge is 2.12. The maximum atomic E-state index is 12.3. The summed E-state index contributed by atoms with van der Waals surface area (Å²) in [4.78, 5) is 27.8. The zero-order chi connectivity index (χ0) is 23.5. The molecular formula is C23H27N5O4S. The number of aliphatic hydroxyl groups excluding tert-OH is 1. The van der Waals surface area contributed by atoms with Crippen molar-refractivity contribution in [3.8, 4) is 0 Å². The second kappa shape index (κ2) is 12.6. The lowest BCUT2D eigenvalue weighted by molar-refractivity contribution is -0.115. The predicted molar refractivity (Wildman–Crippen MR) is 127 cm³/mol. The van der Waals surface area contributed by atoms with E-state index < -0.39 is 12.2 Å². The fourth-order valence-corrected chi connectivity index (χ4v) is 3.57. The van der Waals surface area contributed by atoms with Crippen LogP contribution in [0.5, 0.6) is 0 Å². The number of carbonyl (C=O) groups is 2. The van der Waals surface area contributed by atoms with Crippen molar-refractivity contribution in [3.63, 3.8) is 0 Å². The summed E-state index contributed by atoms with van der Waals surface area (Å²) < 4.78 is 8.85. The number of nitrogens with zero attached hydrogens (tertiary/aromatic N) is 2. The molecule has 2 aromatic carbocycles. The molecule has 0 saturated carbocycles. The Morgan fingerprint density at radius 3 is 2.58 bits per heavy atom. The van der Waals surface area contributed by atoms with Gasteiger partial charge in [-0.3, -0.25) is 10.1 Å². The molecule has 33 heavy (non-hydrogen) atoms. The molecular weight excluding hydrogens is 442 g/mol. The van der Waals surface area contributed by atoms with E-state index in [2.05, 4.69) is 25.3 Å². The van der Waals surface area contributed by atoms with Gasteiger partial charge in [0.25, 0.3) is 0 Å². The first-order valence-electron chi connectivity index (χ1n) is 10.6. The number of benzene rings is 2. The van der Waals surface area contributed by atoms with Crippen molar-refractivity contribution in [2.75, 3.05) is 30.3 Å². The van der Waals surface area contributed by atoms with E-state index in [0.29, 0.717) is 18.1 Å². The highest BCUT2D eigenvalue weighted by Crippen LogP contribution is 2.14. The van der Waals surface area contributed by atoms with Crippen LogP contribution in [0.4, 0.5) is 15.6 Å². The summed E-state index contributed by atoms with van der Waals surface area (Å²) in [5, 5.41) is 19.0. The number of amides is 2. The molecule has 1 unspecified atom stereocenters. The molecule has 1 atom stereocenters. The van der Waals surface area contributed by atoms with Crippen LogP contribution in [-0.4, -0.2) is 46.2 Å². The Hall–Kier alpha value is -3.34. The summed E-state index contributed by atoms with van der Waals surface area (Å²) in [5.74, 6) is 0.0736. The molecule has 0 saturated heterocycles. The first kappa shape index (κ1) is 24.3. The van der Waals surface area contributed by atoms with Gasteiger partial charge in [0.1, 0.15) is 0 Å². The zero-order valence-electron chi connectivity index (χ0n) is 18.3. The van der Waals surface area contributed by atoms with Gasteiger partial charge in [0.15, 0.2) is 5.82 Å². The van der Waals surface area contributed by atoms with E-state index in [1.807, 2.05) is 54.6 Å². The van der Waals surface area contributed by atoms with Crippen LogP contribution >= 0.6 is 11.5 Å². The van der Waals surface area contributed by atoms with Gasteiger partial charge in [0.05, 0.1) is 19.1 Å². The molecule has 4 N–H and O–H groups in total. The maximum absolute atomic E-state index is 12.3. The highest BCUT2D eigenvalue weighted by molar-refractivity contribution is 7.09. The molecule has 3 rings (SSSR count). The average molecular weight is 470 g/mol. The van der Waals surface area contributed by atoms with E-state index in [0.717, 1.165) is 35.6 Å². The van der Waals surface area contributed by atoms with Crippen molar-refractivity contribution < 1.29 is 19.4 Å². The molecule has 9 nitrogen and oxygen atoms in total. The number of aliphatic hydroxyl groups is 1. The SMILES string of the molecule is CCOC(=O)Nc1nc(CC(=O)Nc2ccc(CCNCC(O)c3ccccc3)cc2)ns1. The van der Waals surface area contributed by atoms with Gasteiger partial charge in [-0.25, -0.2) is 9.78 Å². The number of hydrogen-bond donors (Lipinski definition) is 4. The molecule has 0 aliphatic carbocycles. The molecule has 0 bridgehead atoms. The minimum Gasteiger partial charge on any atom is -0.450 e. The molecule has 0 spiro atoms. The van der Waals surface area contributed by atoms with Crippen LogP contribution in [0.25, 0.3) is 0 Å². The number of aromatic nitrogens is 2. The fraction of sp³-hybridized carbons (Fsp3) is 0.304. The summed E-state index contributed by atoms with van der Waals surface area (Å²) in [6, 6.07) is 17.1. The van der Waals surface area contributed by atoms with Crippen LogP contribution in [0.15, 0.2) is 54.6 Å². The van der Waals surface area contributed by atoms with E-state index in [4.69, 9.17) is 4.74 Å². The topological polar surface area (TPSA) is 125 Å². The number of ether oxygens (including phenoxy) is 1. The van der Waals surface area contributed by atoms with Gasteiger partial charge in [-0.2, -0.15) is 4.37 Å². The lowest BCUT2D eigenvalue weighted by Crippen LogP contribution is -2.23. The highest BCUT2D eigenvalue weighted by atomic mass is 32.1. The third-order valence-corrected chi connectivity index (χ3v) is 5.29. The lowest BCUT2D eigenvalue weighted by Gasteiger charge is -2.12. The Bertz CT molecular complexity index is 1030. The molecule has 0 aliphatic rings. The second-order valence-corrected chi connectivity index (χ2v) is 7.92. The van der Waals surface area contributed by atoms with Crippen LogP contribution in [0, 0.1) is 0 Å². The molecule has 1 aromatic heterocycles. The maximum Gasteiger partial charge on any atom is 0.413 e. The van der Waals surface area contributed by atoms with Crippen molar-refractivity contribution in [1.82, 2.24) is 14.7 Å². The number of rotatable bonds is 11. The molecule has 174 valence electrons. The smallest absolute Gasteiger partial charge is 0.413 e. The molecule has 0 aliphatic heterocycles. The average Bonchev–Trinajstić information content (AvgIpc) is 3.24. The van der Waals surface area contributed by atoms with Gasteiger partial charge >= 0.3 is 6.09 Å². The normalized spacial score (nSPS) is 11.6. The molecule has 1 heterocycles. The third-order valence-electron chi connectivity index (χ3n) is 4.62. The monoisotopic (exact) mass is 469 g/mol. The summed E-state index contributed by atoms with van der Waals surface area (Å²) in [5.41, 5.74) is 2.69. The Labute approximate surface area is 196 Å². The minimum absolute atomic E-state index is 0.00355. The van der Waals surface area contributed by atoms with Crippen LogP contribution in [0.2, 0.25) is 0 Å². The zero-order valence-corrected chi connectivity index (χ0v) is 19.1.